The van der Waals surface area contributed by atoms with Crippen molar-refractivity contribution >= 4 is 29.5 Å². The summed E-state index contributed by atoms with van der Waals surface area (Å²) in [5.41, 5.74) is 7.41. The molecule has 0 aliphatic carbocycles. The summed E-state index contributed by atoms with van der Waals surface area (Å²) in [6, 6.07) is 35.5. The number of anilines is 1. The molecule has 5 aromatic carbocycles. The number of rotatable bonds is 8. The number of benzene rings is 5. The second-order valence-corrected chi connectivity index (χ2v) is 14.3. The number of amides is 4. The van der Waals surface area contributed by atoms with E-state index in [1.54, 1.807) is 54.6 Å². The molecule has 8 rings (SSSR count). The van der Waals surface area contributed by atoms with Crippen molar-refractivity contribution in [3.8, 4) is 17.6 Å². The van der Waals surface area contributed by atoms with Gasteiger partial charge in [0.05, 0.1) is 30.7 Å². The first-order chi connectivity index (χ1) is 27.7. The van der Waals surface area contributed by atoms with Gasteiger partial charge in [-0.3, -0.25) is 19.3 Å². The number of urea groups is 1. The van der Waals surface area contributed by atoms with Gasteiger partial charge in [0.15, 0.2) is 0 Å². The molecule has 12 nitrogen and oxygen atoms in total. The fourth-order valence-electron chi connectivity index (χ4n) is 8.71. The zero-order chi connectivity index (χ0) is 39.7. The molecule has 0 saturated carbocycles. The predicted octanol–water partition coefficient (Wildman–Crippen LogP) is 4.53. The summed E-state index contributed by atoms with van der Waals surface area (Å²) in [6.45, 7) is -0.232. The van der Waals surface area contributed by atoms with E-state index >= 15 is 9.59 Å². The van der Waals surface area contributed by atoms with Crippen LogP contribution in [0.3, 0.4) is 0 Å². The third-order valence-electron chi connectivity index (χ3n) is 11.0. The Morgan fingerprint density at radius 1 is 0.825 bits per heavy atom. The average molecular weight is 762 g/mol. The summed E-state index contributed by atoms with van der Waals surface area (Å²) in [7, 11) is 0. The van der Waals surface area contributed by atoms with E-state index in [-0.39, 0.29) is 18.8 Å². The molecular weight excluding hydrogens is 723 g/mol. The highest BCUT2D eigenvalue weighted by Gasteiger charge is 2.74. The Bertz CT molecular complexity index is 2380. The van der Waals surface area contributed by atoms with Crippen LogP contribution in [0.25, 0.3) is 0 Å². The monoisotopic (exact) mass is 761 g/mol. The Labute approximate surface area is 328 Å². The lowest BCUT2D eigenvalue weighted by Gasteiger charge is -2.46. The van der Waals surface area contributed by atoms with Gasteiger partial charge in [0, 0.05) is 17.8 Å². The van der Waals surface area contributed by atoms with Crippen molar-refractivity contribution in [1.29, 1.82) is 0 Å². The molecule has 3 aliphatic heterocycles. The van der Waals surface area contributed by atoms with Gasteiger partial charge in [0.25, 0.3) is 0 Å². The Hall–Kier alpha value is -6.94. The fourth-order valence-corrected chi connectivity index (χ4v) is 8.71. The maximum Gasteiger partial charge on any atom is 0.324 e. The van der Waals surface area contributed by atoms with Gasteiger partial charge in [-0.1, -0.05) is 115 Å². The number of esters is 1. The number of hydrogen-bond acceptors (Lipinski definition) is 8. The molecule has 0 radical (unpaired) electrons. The van der Waals surface area contributed by atoms with E-state index in [1.807, 2.05) is 71.6 Å². The molecular formula is C45H39N5O7. The topological polar surface area (TPSA) is 183 Å². The number of nitrogens with zero attached hydrogens (tertiary/aromatic N) is 1. The quantitative estimate of drug-likeness (QED) is 0.0985. The minimum Gasteiger partial charge on any atom is -0.508 e. The number of phenols is 1. The number of phenolic OH excluding ortho intramolecular Hbond substituents is 1. The summed E-state index contributed by atoms with van der Waals surface area (Å²) in [4.78, 5) is 58.5. The number of hydrogen-bond donors (Lipinski definition) is 6. The lowest BCUT2D eigenvalue weighted by Crippen LogP contribution is -2.55. The van der Waals surface area contributed by atoms with Crippen LogP contribution in [-0.4, -0.2) is 58.1 Å². The normalized spacial score (nSPS) is 23.9. The van der Waals surface area contributed by atoms with Crippen LogP contribution in [0.1, 0.15) is 57.7 Å². The number of nitrogens with one attached hydrogen (secondary N) is 3. The number of nitrogens with two attached hydrogens (primary N) is 1. The van der Waals surface area contributed by atoms with Crippen LogP contribution in [0.15, 0.2) is 133 Å². The molecule has 57 heavy (non-hydrogen) atoms. The highest BCUT2D eigenvalue weighted by molar-refractivity contribution is 6.12. The molecule has 0 bridgehead atoms. The summed E-state index contributed by atoms with van der Waals surface area (Å²) in [5, 5.41) is 30.0. The maximum atomic E-state index is 15.2. The largest absolute Gasteiger partial charge is 0.508 e. The molecule has 12 heteroatoms. The van der Waals surface area contributed by atoms with E-state index in [0.29, 0.717) is 33.5 Å². The van der Waals surface area contributed by atoms with Crippen molar-refractivity contribution in [2.75, 3.05) is 18.4 Å². The third kappa shape index (κ3) is 6.63. The van der Waals surface area contributed by atoms with Gasteiger partial charge in [0.2, 0.25) is 11.8 Å². The number of fused-ring (bicyclic) bond motifs is 3. The van der Waals surface area contributed by atoms with Crippen LogP contribution < -0.4 is 21.7 Å². The zero-order valence-electron chi connectivity index (χ0n) is 30.5. The molecule has 4 amide bonds. The van der Waals surface area contributed by atoms with E-state index in [0.717, 1.165) is 5.56 Å². The molecule has 7 atom stereocenters. The lowest BCUT2D eigenvalue weighted by molar-refractivity contribution is -0.178. The molecule has 286 valence electrons. The molecule has 0 aromatic heterocycles. The second kappa shape index (κ2) is 15.3. The smallest absolute Gasteiger partial charge is 0.324 e. The van der Waals surface area contributed by atoms with Crippen LogP contribution in [-0.2, 0) is 24.5 Å². The standard InChI is InChI=1S/C45H39N5O7/c46-44(56)47-24-10-11-27-18-23-34-33(25-27)45(43(55)49-34)36(41(53)48-26-35(52)28-12-4-1-5-13-28)38-42(54)57-39(30-16-8-3-9-17-30)37(29-14-6-2-7-15-29)50(38)40(45)31-19-21-32(51)22-20-31/h1-9,12-23,25,35-40,51-52H,24,26H2,(H,48,53)(H,49,55)(H3,46,47,56)/t35-,36-,37-,38-,39+,40+,45-/m0/s1. The van der Waals surface area contributed by atoms with Crippen molar-refractivity contribution in [3.05, 3.63) is 167 Å². The van der Waals surface area contributed by atoms with Gasteiger partial charge in [-0.2, -0.15) is 0 Å². The molecule has 3 aliphatic rings. The van der Waals surface area contributed by atoms with E-state index in [2.05, 4.69) is 27.8 Å². The molecule has 7 N–H and O–H groups in total. The Balaban J connectivity index is 1.36. The molecule has 5 aromatic rings. The van der Waals surface area contributed by atoms with Crippen molar-refractivity contribution < 1.29 is 34.1 Å². The number of aliphatic hydroxyl groups is 1. The van der Waals surface area contributed by atoms with Crippen LogP contribution >= 0.6 is 0 Å². The van der Waals surface area contributed by atoms with E-state index < -0.39 is 65.5 Å². The lowest BCUT2D eigenvalue weighted by atomic mass is 9.65. The number of primary amides is 1. The summed E-state index contributed by atoms with van der Waals surface area (Å²) in [5.74, 6) is 2.60. The number of carbonyl (C=O) groups excluding carboxylic acids is 4. The molecule has 3 heterocycles. The predicted molar refractivity (Wildman–Crippen MR) is 210 cm³/mol. The van der Waals surface area contributed by atoms with Crippen molar-refractivity contribution in [2.24, 2.45) is 11.7 Å². The van der Waals surface area contributed by atoms with Crippen molar-refractivity contribution in [1.82, 2.24) is 15.5 Å². The van der Waals surface area contributed by atoms with E-state index in [4.69, 9.17) is 10.5 Å². The highest BCUT2D eigenvalue weighted by atomic mass is 16.6. The molecule has 0 unspecified atom stereocenters. The minimum atomic E-state index is -1.79. The van der Waals surface area contributed by atoms with Crippen molar-refractivity contribution in [3.63, 3.8) is 0 Å². The van der Waals surface area contributed by atoms with Gasteiger partial charge >= 0.3 is 12.0 Å². The highest BCUT2D eigenvalue weighted by Crippen LogP contribution is 2.64. The van der Waals surface area contributed by atoms with Crippen LogP contribution in [0.5, 0.6) is 5.75 Å². The van der Waals surface area contributed by atoms with Crippen LogP contribution in [0.4, 0.5) is 10.5 Å². The summed E-state index contributed by atoms with van der Waals surface area (Å²) in [6.07, 6.45) is -1.94. The first-order valence-electron chi connectivity index (χ1n) is 18.5. The van der Waals surface area contributed by atoms with E-state index in [9.17, 15) is 19.8 Å². The number of carbonyl (C=O) groups is 4. The average Bonchev–Trinajstić information content (AvgIpc) is 3.71. The first-order valence-corrected chi connectivity index (χ1v) is 18.5. The number of morpholine rings is 1. The van der Waals surface area contributed by atoms with E-state index in [1.165, 1.54) is 12.1 Å². The zero-order valence-corrected chi connectivity index (χ0v) is 30.5. The van der Waals surface area contributed by atoms with Gasteiger partial charge in [-0.15, -0.1) is 0 Å². The van der Waals surface area contributed by atoms with Crippen LogP contribution in [0, 0.1) is 17.8 Å². The number of aromatic hydroxyl groups is 1. The maximum absolute atomic E-state index is 15.2. The molecule has 1 spiro atoms. The van der Waals surface area contributed by atoms with Gasteiger partial charge < -0.3 is 36.6 Å². The molecule has 2 saturated heterocycles. The Morgan fingerprint density at radius 3 is 2.14 bits per heavy atom. The second-order valence-electron chi connectivity index (χ2n) is 14.3. The number of ether oxygens (including phenoxy) is 1. The third-order valence-corrected chi connectivity index (χ3v) is 11.0. The Morgan fingerprint density at radius 2 is 1.47 bits per heavy atom. The summed E-state index contributed by atoms with van der Waals surface area (Å²) < 4.78 is 6.42. The number of aliphatic hydroxyl groups excluding tert-OH is 1. The Kier molecular flexibility index (Phi) is 9.93. The van der Waals surface area contributed by atoms with Crippen molar-refractivity contribution in [2.45, 2.75) is 35.7 Å². The summed E-state index contributed by atoms with van der Waals surface area (Å²) >= 11 is 0. The molecule has 2 fully saturated rings. The minimum absolute atomic E-state index is 0.00947. The van der Waals surface area contributed by atoms with Gasteiger partial charge in [-0.05, 0) is 58.1 Å². The van der Waals surface area contributed by atoms with Crippen LogP contribution in [0.2, 0.25) is 0 Å². The first kappa shape index (κ1) is 37.0. The van der Waals surface area contributed by atoms with Gasteiger partial charge in [0.1, 0.15) is 23.3 Å². The SMILES string of the molecule is NC(=O)NCC#Cc1ccc2c(c1)[C@]1(C(=O)N2)[C@H](C(=O)NC[C@H](O)c2ccccc2)[C@H]2C(=O)O[C@H](c3ccccc3)[C@H](c3ccccc3)N2[C@@H]1c1ccc(O)cc1. The number of cyclic esters (lactones) is 1. The van der Waals surface area contributed by atoms with Gasteiger partial charge in [-0.25, -0.2) is 4.79 Å². The fraction of sp³-hybridized carbons (Fsp3) is 0.200.